The molecule has 35 heavy (non-hydrogen) atoms. The first kappa shape index (κ1) is 24.6. The SMILES string of the molecule is O=C(Nc1ccc(S(=O)(=O)N2CCN(c3cccc(C(F)(F)F)c3)CC2)cc1)c1ccccc1O. The van der Waals surface area contributed by atoms with Crippen molar-refractivity contribution >= 4 is 27.3 Å². The van der Waals surface area contributed by atoms with Crippen molar-refractivity contribution in [2.45, 2.75) is 11.1 Å². The number of alkyl halides is 3. The zero-order valence-corrected chi connectivity index (χ0v) is 19.2. The smallest absolute Gasteiger partial charge is 0.416 e. The average molecular weight is 506 g/mol. The summed E-state index contributed by atoms with van der Waals surface area (Å²) in [6.07, 6.45) is -4.45. The van der Waals surface area contributed by atoms with E-state index in [-0.39, 0.29) is 42.4 Å². The largest absolute Gasteiger partial charge is 0.507 e. The number of phenols is 1. The third-order valence-corrected chi connectivity index (χ3v) is 7.59. The predicted molar refractivity (Wildman–Crippen MR) is 125 cm³/mol. The molecule has 0 atom stereocenters. The van der Waals surface area contributed by atoms with Gasteiger partial charge in [0.25, 0.3) is 5.91 Å². The van der Waals surface area contributed by atoms with E-state index in [4.69, 9.17) is 0 Å². The molecule has 3 aromatic rings. The zero-order valence-electron chi connectivity index (χ0n) is 18.4. The lowest BCUT2D eigenvalue weighted by Gasteiger charge is -2.35. The topological polar surface area (TPSA) is 90.0 Å². The molecule has 1 saturated heterocycles. The standard InChI is InChI=1S/C24H22F3N3O4S/c25-24(26,27)17-4-3-5-19(16-17)29-12-14-30(15-13-29)35(33,34)20-10-8-18(9-11-20)28-23(32)21-6-1-2-7-22(21)31/h1-11,16,31H,12-15H2,(H,28,32). The fraction of sp³-hybridized carbons (Fsp3) is 0.208. The van der Waals surface area contributed by atoms with Crippen molar-refractivity contribution in [3.63, 3.8) is 0 Å². The molecule has 0 saturated carbocycles. The molecule has 1 fully saturated rings. The molecule has 7 nitrogen and oxygen atoms in total. The van der Waals surface area contributed by atoms with Gasteiger partial charge in [-0.05, 0) is 54.6 Å². The fourth-order valence-electron chi connectivity index (χ4n) is 3.79. The van der Waals surface area contributed by atoms with Gasteiger partial charge in [0.15, 0.2) is 0 Å². The van der Waals surface area contributed by atoms with Gasteiger partial charge < -0.3 is 15.3 Å². The quantitative estimate of drug-likeness (QED) is 0.543. The second kappa shape index (κ2) is 9.59. The predicted octanol–water partition coefficient (Wildman–Crippen LogP) is 4.17. The molecule has 1 heterocycles. The number of phenolic OH excluding ortho intramolecular Hbond substituents is 1. The van der Waals surface area contributed by atoms with Crippen LogP contribution in [0, 0.1) is 0 Å². The molecular formula is C24H22F3N3O4S. The Hall–Kier alpha value is -3.57. The Bertz CT molecular complexity index is 1320. The maximum absolute atomic E-state index is 13.1. The van der Waals surface area contributed by atoms with Crippen LogP contribution in [0.15, 0.2) is 77.7 Å². The van der Waals surface area contributed by atoms with Gasteiger partial charge in [-0.2, -0.15) is 17.5 Å². The lowest BCUT2D eigenvalue weighted by atomic mass is 10.1. The van der Waals surface area contributed by atoms with Gasteiger partial charge in [0.1, 0.15) is 5.75 Å². The first-order valence-corrected chi connectivity index (χ1v) is 12.1. The summed E-state index contributed by atoms with van der Waals surface area (Å²) in [5.41, 5.74) is 0.0792. The Kier molecular flexibility index (Phi) is 6.73. The van der Waals surface area contributed by atoms with Crippen molar-refractivity contribution < 1.29 is 31.5 Å². The number of halogens is 3. The number of nitrogens with zero attached hydrogens (tertiary/aromatic N) is 2. The summed E-state index contributed by atoms with van der Waals surface area (Å²) in [4.78, 5) is 14.1. The number of piperazine rings is 1. The lowest BCUT2D eigenvalue weighted by Crippen LogP contribution is -2.48. The van der Waals surface area contributed by atoms with Gasteiger partial charge in [0, 0.05) is 37.6 Å². The van der Waals surface area contributed by atoms with Gasteiger partial charge in [0.05, 0.1) is 16.0 Å². The summed E-state index contributed by atoms with van der Waals surface area (Å²) in [6.45, 7) is 0.721. The van der Waals surface area contributed by atoms with Gasteiger partial charge in [-0.15, -0.1) is 0 Å². The highest BCUT2D eigenvalue weighted by Crippen LogP contribution is 2.32. The van der Waals surface area contributed by atoms with Gasteiger partial charge in [-0.1, -0.05) is 18.2 Å². The summed E-state index contributed by atoms with van der Waals surface area (Å²) >= 11 is 0. The third kappa shape index (κ3) is 5.41. The van der Waals surface area contributed by atoms with Crippen molar-refractivity contribution in [1.29, 1.82) is 0 Å². The van der Waals surface area contributed by atoms with E-state index in [1.165, 1.54) is 46.8 Å². The van der Waals surface area contributed by atoms with Crippen LogP contribution in [-0.2, 0) is 16.2 Å². The van der Waals surface area contributed by atoms with Crippen molar-refractivity contribution in [2.24, 2.45) is 0 Å². The number of amides is 1. The lowest BCUT2D eigenvalue weighted by molar-refractivity contribution is -0.137. The molecule has 11 heteroatoms. The van der Waals surface area contributed by atoms with Crippen LogP contribution in [0.1, 0.15) is 15.9 Å². The first-order chi connectivity index (χ1) is 16.6. The summed E-state index contributed by atoms with van der Waals surface area (Å²) in [5, 5.41) is 12.4. The summed E-state index contributed by atoms with van der Waals surface area (Å²) in [7, 11) is -3.83. The highest BCUT2D eigenvalue weighted by molar-refractivity contribution is 7.89. The van der Waals surface area contributed by atoms with Crippen molar-refractivity contribution in [2.75, 3.05) is 36.4 Å². The molecule has 4 rings (SSSR count). The Balaban J connectivity index is 1.41. The van der Waals surface area contributed by atoms with Crippen LogP contribution in [0.5, 0.6) is 5.75 Å². The molecule has 1 amide bonds. The second-order valence-electron chi connectivity index (χ2n) is 7.93. The Labute approximate surface area is 200 Å². The molecule has 0 spiro atoms. The van der Waals surface area contributed by atoms with Gasteiger partial charge in [0.2, 0.25) is 10.0 Å². The Morgan fingerprint density at radius 2 is 1.54 bits per heavy atom. The molecule has 0 aliphatic carbocycles. The van der Waals surface area contributed by atoms with E-state index in [0.29, 0.717) is 11.4 Å². The van der Waals surface area contributed by atoms with E-state index in [0.717, 1.165) is 12.1 Å². The molecule has 0 radical (unpaired) electrons. The number of carbonyl (C=O) groups is 1. The number of anilines is 2. The van der Waals surface area contributed by atoms with Crippen LogP contribution in [0.25, 0.3) is 0 Å². The highest BCUT2D eigenvalue weighted by atomic mass is 32.2. The monoisotopic (exact) mass is 505 g/mol. The summed E-state index contributed by atoms with van der Waals surface area (Å²) < 4.78 is 66.4. The number of hydrogen-bond acceptors (Lipinski definition) is 5. The van der Waals surface area contributed by atoms with Crippen molar-refractivity contribution in [1.82, 2.24) is 4.31 Å². The Morgan fingerprint density at radius 1 is 0.886 bits per heavy atom. The van der Waals surface area contributed by atoms with Gasteiger partial charge in [-0.25, -0.2) is 8.42 Å². The fourth-order valence-corrected chi connectivity index (χ4v) is 5.21. The van der Waals surface area contributed by atoms with Crippen LogP contribution in [0.4, 0.5) is 24.5 Å². The number of para-hydroxylation sites is 1. The van der Waals surface area contributed by atoms with Crippen LogP contribution >= 0.6 is 0 Å². The van der Waals surface area contributed by atoms with Gasteiger partial charge in [-0.3, -0.25) is 4.79 Å². The van der Waals surface area contributed by atoms with E-state index in [1.54, 1.807) is 23.1 Å². The molecule has 0 aromatic heterocycles. The number of aromatic hydroxyl groups is 1. The minimum Gasteiger partial charge on any atom is -0.507 e. The number of rotatable bonds is 5. The van der Waals surface area contributed by atoms with Crippen LogP contribution in [0.2, 0.25) is 0 Å². The molecule has 3 aromatic carbocycles. The molecule has 1 aliphatic heterocycles. The average Bonchev–Trinajstić information content (AvgIpc) is 2.84. The third-order valence-electron chi connectivity index (χ3n) is 5.68. The minimum atomic E-state index is -4.45. The summed E-state index contributed by atoms with van der Waals surface area (Å²) in [5.74, 6) is -0.710. The number of hydrogen-bond donors (Lipinski definition) is 2. The van der Waals surface area contributed by atoms with E-state index in [2.05, 4.69) is 5.32 Å². The Morgan fingerprint density at radius 3 is 2.17 bits per heavy atom. The maximum Gasteiger partial charge on any atom is 0.416 e. The first-order valence-electron chi connectivity index (χ1n) is 10.7. The summed E-state index contributed by atoms with van der Waals surface area (Å²) in [6, 6.07) is 16.6. The van der Waals surface area contributed by atoms with Crippen molar-refractivity contribution in [3.05, 3.63) is 83.9 Å². The van der Waals surface area contributed by atoms with Crippen molar-refractivity contribution in [3.8, 4) is 5.75 Å². The number of sulfonamides is 1. The molecule has 184 valence electrons. The van der Waals surface area contributed by atoms with E-state index < -0.39 is 27.7 Å². The normalized spacial score (nSPS) is 15.1. The number of carbonyl (C=O) groups excluding carboxylic acids is 1. The highest BCUT2D eigenvalue weighted by Gasteiger charge is 2.32. The van der Waals surface area contributed by atoms with E-state index in [1.807, 2.05) is 0 Å². The molecular weight excluding hydrogens is 483 g/mol. The number of nitrogens with one attached hydrogen (secondary N) is 1. The zero-order chi connectivity index (χ0) is 25.2. The van der Waals surface area contributed by atoms with Crippen LogP contribution < -0.4 is 10.2 Å². The van der Waals surface area contributed by atoms with E-state index >= 15 is 0 Å². The number of benzene rings is 3. The minimum absolute atomic E-state index is 0.0329. The van der Waals surface area contributed by atoms with Crippen LogP contribution in [0.3, 0.4) is 0 Å². The van der Waals surface area contributed by atoms with Crippen LogP contribution in [-0.4, -0.2) is 49.9 Å². The second-order valence-corrected chi connectivity index (χ2v) is 9.87. The molecule has 2 N–H and O–H groups in total. The van der Waals surface area contributed by atoms with E-state index in [9.17, 15) is 31.5 Å². The maximum atomic E-state index is 13.1. The molecule has 0 bridgehead atoms. The van der Waals surface area contributed by atoms with Gasteiger partial charge >= 0.3 is 6.18 Å². The molecule has 0 unspecified atom stereocenters. The molecule has 1 aliphatic rings.